The third-order valence-electron chi connectivity index (χ3n) is 3.35. The van der Waals surface area contributed by atoms with Gasteiger partial charge in [0, 0.05) is 18.8 Å². The number of fused-ring (bicyclic) bond motifs is 1. The number of hydrogen-bond acceptors (Lipinski definition) is 4. The van der Waals surface area contributed by atoms with E-state index in [1.807, 2.05) is 24.3 Å². The van der Waals surface area contributed by atoms with Crippen LogP contribution in [0.4, 0.5) is 0 Å². The largest absolute Gasteiger partial charge is 0.377 e. The number of hydrogen-bond donors (Lipinski definition) is 1. The minimum atomic E-state index is -0.539. The molecule has 0 spiro atoms. The summed E-state index contributed by atoms with van der Waals surface area (Å²) in [6.45, 7) is 2.07. The molecule has 0 unspecified atom stereocenters. The predicted octanol–water partition coefficient (Wildman–Crippen LogP) is 1.87. The van der Waals surface area contributed by atoms with E-state index in [1.54, 1.807) is 12.1 Å². The molecule has 5 nitrogen and oxygen atoms in total. The highest BCUT2D eigenvalue weighted by molar-refractivity contribution is 5.97. The second kappa shape index (κ2) is 9.12. The van der Waals surface area contributed by atoms with Gasteiger partial charge < -0.3 is 19.6 Å². The molecule has 0 aromatic heterocycles. The maximum absolute atomic E-state index is 12.3. The van der Waals surface area contributed by atoms with Gasteiger partial charge in [0.25, 0.3) is 5.91 Å². The first-order chi connectivity index (χ1) is 10.8. The first kappa shape index (κ1) is 16.4. The van der Waals surface area contributed by atoms with Gasteiger partial charge in [-0.25, -0.2) is 0 Å². The first-order valence-electron chi connectivity index (χ1n) is 7.46. The monoisotopic (exact) mass is 303 g/mol. The van der Waals surface area contributed by atoms with Gasteiger partial charge in [0.2, 0.25) is 0 Å². The van der Waals surface area contributed by atoms with Crippen molar-refractivity contribution in [2.24, 2.45) is 0 Å². The van der Waals surface area contributed by atoms with Crippen molar-refractivity contribution < 1.29 is 19.1 Å². The van der Waals surface area contributed by atoms with E-state index < -0.39 is 6.04 Å². The molecule has 0 fully saturated rings. The third kappa shape index (κ3) is 5.09. The molecular weight excluding hydrogens is 282 g/mol. The second-order valence-electron chi connectivity index (χ2n) is 5.06. The molecule has 0 saturated carbocycles. The molecule has 0 bridgehead atoms. The molecule has 1 atom stereocenters. The van der Waals surface area contributed by atoms with Crippen LogP contribution in [0.5, 0.6) is 0 Å². The highest BCUT2D eigenvalue weighted by atomic mass is 16.5. The number of aldehydes is 1. The van der Waals surface area contributed by atoms with E-state index in [1.165, 1.54) is 0 Å². The molecular formula is C17H21NO4. The standard InChI is InChI=1S/C17H21NO4/c19-12-15-7-3-4-9-21-10-5-11-22-13-14-6-1-2-8-16(14)17(20)18-15/h1-4,6,8,12,15H,5,7,9-11,13H2,(H,18,20)/t15-/m0/s1. The number of carbonyl (C=O) groups excluding carboxylic acids is 2. The highest BCUT2D eigenvalue weighted by Crippen LogP contribution is 2.11. The van der Waals surface area contributed by atoms with Gasteiger partial charge in [-0.3, -0.25) is 4.79 Å². The Morgan fingerprint density at radius 3 is 2.82 bits per heavy atom. The zero-order valence-corrected chi connectivity index (χ0v) is 12.5. The van der Waals surface area contributed by atoms with Crippen molar-refractivity contribution >= 4 is 12.2 Å². The Kier molecular flexibility index (Phi) is 6.80. The van der Waals surface area contributed by atoms with Crippen LogP contribution >= 0.6 is 0 Å². The Hall–Kier alpha value is -1.98. The average molecular weight is 303 g/mol. The maximum atomic E-state index is 12.3. The van der Waals surface area contributed by atoms with E-state index in [2.05, 4.69) is 5.32 Å². The lowest BCUT2D eigenvalue weighted by Crippen LogP contribution is -2.36. The molecule has 0 saturated heterocycles. The molecule has 1 amide bonds. The molecule has 1 aliphatic rings. The van der Waals surface area contributed by atoms with Gasteiger partial charge in [-0.05, 0) is 24.5 Å². The summed E-state index contributed by atoms with van der Waals surface area (Å²) in [7, 11) is 0. The lowest BCUT2D eigenvalue weighted by atomic mass is 10.1. The molecule has 1 aromatic rings. The summed E-state index contributed by atoms with van der Waals surface area (Å²) in [5.74, 6) is -0.254. The van der Waals surface area contributed by atoms with Gasteiger partial charge in [-0.15, -0.1) is 0 Å². The summed E-state index contributed by atoms with van der Waals surface area (Å²) < 4.78 is 11.0. The number of nitrogens with one attached hydrogen (secondary N) is 1. The fourth-order valence-corrected chi connectivity index (χ4v) is 2.17. The van der Waals surface area contributed by atoms with Crippen molar-refractivity contribution in [1.29, 1.82) is 0 Å². The van der Waals surface area contributed by atoms with Crippen LogP contribution in [0.25, 0.3) is 0 Å². The van der Waals surface area contributed by atoms with Crippen LogP contribution in [0.2, 0.25) is 0 Å². The maximum Gasteiger partial charge on any atom is 0.252 e. The number of rotatable bonds is 1. The third-order valence-corrected chi connectivity index (χ3v) is 3.35. The number of amides is 1. The molecule has 22 heavy (non-hydrogen) atoms. The van der Waals surface area contributed by atoms with Crippen LogP contribution in [0.3, 0.4) is 0 Å². The minimum Gasteiger partial charge on any atom is -0.377 e. The van der Waals surface area contributed by atoms with Crippen molar-refractivity contribution in [2.45, 2.75) is 25.5 Å². The van der Waals surface area contributed by atoms with Gasteiger partial charge in [0.05, 0.1) is 19.3 Å². The molecule has 1 N–H and O–H groups in total. The number of benzene rings is 1. The van der Waals surface area contributed by atoms with Crippen molar-refractivity contribution in [3.05, 3.63) is 47.5 Å². The number of ether oxygens (including phenoxy) is 2. The van der Waals surface area contributed by atoms with E-state index in [-0.39, 0.29) is 5.91 Å². The zero-order valence-electron chi connectivity index (χ0n) is 12.5. The summed E-state index contributed by atoms with van der Waals surface area (Å²) in [6.07, 6.45) is 5.72. The van der Waals surface area contributed by atoms with Crippen molar-refractivity contribution in [3.63, 3.8) is 0 Å². The van der Waals surface area contributed by atoms with E-state index in [9.17, 15) is 9.59 Å². The summed E-state index contributed by atoms with van der Waals surface area (Å²) in [4.78, 5) is 23.4. The molecule has 5 heteroatoms. The topological polar surface area (TPSA) is 64.6 Å². The lowest BCUT2D eigenvalue weighted by Gasteiger charge is -2.13. The summed E-state index contributed by atoms with van der Waals surface area (Å²) in [5.41, 5.74) is 1.36. The average Bonchev–Trinajstić information content (AvgIpc) is 2.55. The highest BCUT2D eigenvalue weighted by Gasteiger charge is 2.15. The zero-order chi connectivity index (χ0) is 15.6. The van der Waals surface area contributed by atoms with Crippen LogP contribution in [0, 0.1) is 0 Å². The molecule has 0 radical (unpaired) electrons. The fraction of sp³-hybridized carbons (Fsp3) is 0.412. The fourth-order valence-electron chi connectivity index (χ4n) is 2.17. The van der Waals surface area contributed by atoms with Gasteiger partial charge in [-0.2, -0.15) is 0 Å². The smallest absolute Gasteiger partial charge is 0.252 e. The predicted molar refractivity (Wildman–Crippen MR) is 82.6 cm³/mol. The molecule has 1 aliphatic heterocycles. The lowest BCUT2D eigenvalue weighted by molar-refractivity contribution is -0.109. The van der Waals surface area contributed by atoms with E-state index in [0.29, 0.717) is 38.4 Å². The van der Waals surface area contributed by atoms with Crippen molar-refractivity contribution in [1.82, 2.24) is 5.32 Å². The molecule has 1 heterocycles. The van der Waals surface area contributed by atoms with Gasteiger partial charge in [0.1, 0.15) is 6.29 Å². The second-order valence-corrected chi connectivity index (χ2v) is 5.06. The Morgan fingerprint density at radius 1 is 1.14 bits per heavy atom. The van der Waals surface area contributed by atoms with Crippen LogP contribution < -0.4 is 5.32 Å². The minimum absolute atomic E-state index is 0.254. The molecule has 2 rings (SSSR count). The van der Waals surface area contributed by atoms with E-state index >= 15 is 0 Å². The van der Waals surface area contributed by atoms with E-state index in [4.69, 9.17) is 9.47 Å². The molecule has 0 aliphatic carbocycles. The van der Waals surface area contributed by atoms with Gasteiger partial charge >= 0.3 is 0 Å². The first-order valence-corrected chi connectivity index (χ1v) is 7.46. The summed E-state index contributed by atoms with van der Waals surface area (Å²) in [5, 5.41) is 2.74. The van der Waals surface area contributed by atoms with Crippen LogP contribution in [0.1, 0.15) is 28.8 Å². The van der Waals surface area contributed by atoms with Crippen LogP contribution in [-0.2, 0) is 20.9 Å². The Morgan fingerprint density at radius 2 is 1.95 bits per heavy atom. The quantitative estimate of drug-likeness (QED) is 0.635. The van der Waals surface area contributed by atoms with Crippen LogP contribution in [-0.4, -0.2) is 38.1 Å². The van der Waals surface area contributed by atoms with E-state index in [0.717, 1.165) is 18.3 Å². The summed E-state index contributed by atoms with van der Waals surface area (Å²) in [6, 6.07) is 6.73. The Labute approximate surface area is 130 Å². The van der Waals surface area contributed by atoms with Crippen LogP contribution in [0.15, 0.2) is 36.4 Å². The SMILES string of the molecule is O=C[C@@H]1CC=CCOCCCOCc2ccccc2C(=O)N1. The Bertz CT molecular complexity index is 527. The molecule has 118 valence electrons. The van der Waals surface area contributed by atoms with Gasteiger partial charge in [0.15, 0.2) is 0 Å². The Balaban J connectivity index is 2.13. The van der Waals surface area contributed by atoms with Crippen molar-refractivity contribution in [3.8, 4) is 0 Å². The van der Waals surface area contributed by atoms with Crippen molar-refractivity contribution in [2.75, 3.05) is 19.8 Å². The molecule has 1 aromatic carbocycles. The van der Waals surface area contributed by atoms with Gasteiger partial charge in [-0.1, -0.05) is 30.4 Å². The normalized spacial score (nSPS) is 21.1. The summed E-state index contributed by atoms with van der Waals surface area (Å²) >= 11 is 0. The number of carbonyl (C=O) groups is 2.